The van der Waals surface area contributed by atoms with Gasteiger partial charge < -0.3 is 15.4 Å². The Bertz CT molecular complexity index is 455. The van der Waals surface area contributed by atoms with Crippen LogP contribution in [0.15, 0.2) is 29.3 Å². The van der Waals surface area contributed by atoms with Gasteiger partial charge in [0.2, 0.25) is 0 Å². The molecular weight excluding hydrogens is 408 g/mol. The SMILES string of the molecule is CN=C(NCCCOCC(C)C)NCCc1cccc(F)c1.I. The van der Waals surface area contributed by atoms with Crippen LogP contribution in [0.4, 0.5) is 4.39 Å². The van der Waals surface area contributed by atoms with Crippen LogP contribution in [0, 0.1) is 11.7 Å². The van der Waals surface area contributed by atoms with Crippen LogP contribution in [-0.2, 0) is 11.2 Å². The molecule has 0 aliphatic heterocycles. The molecule has 0 spiro atoms. The Morgan fingerprint density at radius 1 is 1.26 bits per heavy atom. The van der Waals surface area contributed by atoms with Crippen molar-refractivity contribution in [1.82, 2.24) is 10.6 Å². The second kappa shape index (κ2) is 13.5. The van der Waals surface area contributed by atoms with E-state index in [1.165, 1.54) is 6.07 Å². The van der Waals surface area contributed by atoms with Gasteiger partial charge in [-0.2, -0.15) is 0 Å². The van der Waals surface area contributed by atoms with Gasteiger partial charge in [-0.15, -0.1) is 24.0 Å². The van der Waals surface area contributed by atoms with Crippen LogP contribution in [0.5, 0.6) is 0 Å². The minimum absolute atomic E-state index is 0. The van der Waals surface area contributed by atoms with Crippen molar-refractivity contribution in [3.63, 3.8) is 0 Å². The van der Waals surface area contributed by atoms with Gasteiger partial charge in [-0.05, 0) is 36.5 Å². The molecule has 0 bridgehead atoms. The van der Waals surface area contributed by atoms with E-state index in [4.69, 9.17) is 4.74 Å². The average molecular weight is 437 g/mol. The predicted octanol–water partition coefficient (Wildman–Crippen LogP) is 3.21. The molecule has 0 heterocycles. The predicted molar refractivity (Wildman–Crippen MR) is 105 cm³/mol. The van der Waals surface area contributed by atoms with E-state index < -0.39 is 0 Å². The summed E-state index contributed by atoms with van der Waals surface area (Å²) in [6, 6.07) is 6.67. The lowest BCUT2D eigenvalue weighted by atomic mass is 10.1. The highest BCUT2D eigenvalue weighted by Gasteiger charge is 1.99. The van der Waals surface area contributed by atoms with Gasteiger partial charge in [0.15, 0.2) is 5.96 Å². The third kappa shape index (κ3) is 11.3. The molecule has 1 aromatic carbocycles. The molecule has 6 heteroatoms. The molecular formula is C17H29FIN3O. The number of aliphatic imine (C=N–C) groups is 1. The Kier molecular flexibility index (Phi) is 13.0. The van der Waals surface area contributed by atoms with Crippen LogP contribution in [0.25, 0.3) is 0 Å². The van der Waals surface area contributed by atoms with Crippen LogP contribution in [0.1, 0.15) is 25.8 Å². The van der Waals surface area contributed by atoms with E-state index in [9.17, 15) is 4.39 Å². The highest BCUT2D eigenvalue weighted by atomic mass is 127. The first kappa shape index (κ1) is 22.1. The fourth-order valence-corrected chi connectivity index (χ4v) is 1.94. The normalized spacial score (nSPS) is 11.3. The van der Waals surface area contributed by atoms with E-state index in [1.807, 2.05) is 6.07 Å². The number of hydrogen-bond donors (Lipinski definition) is 2. The van der Waals surface area contributed by atoms with Crippen LogP contribution in [0.2, 0.25) is 0 Å². The minimum Gasteiger partial charge on any atom is -0.381 e. The minimum atomic E-state index is -0.193. The molecule has 132 valence electrons. The van der Waals surface area contributed by atoms with Crippen LogP contribution in [0.3, 0.4) is 0 Å². The van der Waals surface area contributed by atoms with Crippen molar-refractivity contribution in [2.24, 2.45) is 10.9 Å². The Morgan fingerprint density at radius 2 is 2.00 bits per heavy atom. The number of rotatable bonds is 9. The van der Waals surface area contributed by atoms with E-state index in [2.05, 4.69) is 29.5 Å². The summed E-state index contributed by atoms with van der Waals surface area (Å²) in [5, 5.41) is 6.46. The van der Waals surface area contributed by atoms with Crippen molar-refractivity contribution < 1.29 is 9.13 Å². The fourth-order valence-electron chi connectivity index (χ4n) is 1.94. The summed E-state index contributed by atoms with van der Waals surface area (Å²) in [6.07, 6.45) is 1.70. The Morgan fingerprint density at radius 3 is 2.65 bits per heavy atom. The summed E-state index contributed by atoms with van der Waals surface area (Å²) < 4.78 is 18.6. The number of benzene rings is 1. The van der Waals surface area contributed by atoms with Crippen molar-refractivity contribution in [2.75, 3.05) is 33.4 Å². The molecule has 0 saturated carbocycles. The van der Waals surface area contributed by atoms with E-state index in [0.29, 0.717) is 12.5 Å². The standard InChI is InChI=1S/C17H28FN3O.HI/c1-14(2)13-22-11-5-9-20-17(19-3)21-10-8-15-6-4-7-16(18)12-15;/h4,6-7,12,14H,5,8-11,13H2,1-3H3,(H2,19,20,21);1H. The van der Waals surface area contributed by atoms with Gasteiger partial charge >= 0.3 is 0 Å². The van der Waals surface area contributed by atoms with Gasteiger partial charge in [0.1, 0.15) is 5.82 Å². The maximum atomic E-state index is 13.1. The summed E-state index contributed by atoms with van der Waals surface area (Å²) in [5.41, 5.74) is 0.977. The average Bonchev–Trinajstić information content (AvgIpc) is 2.48. The first-order valence-electron chi connectivity index (χ1n) is 7.88. The Labute approximate surface area is 156 Å². The van der Waals surface area contributed by atoms with E-state index in [1.54, 1.807) is 19.2 Å². The topological polar surface area (TPSA) is 45.7 Å². The van der Waals surface area contributed by atoms with Crippen molar-refractivity contribution in [2.45, 2.75) is 26.7 Å². The number of nitrogens with one attached hydrogen (secondary N) is 2. The van der Waals surface area contributed by atoms with E-state index >= 15 is 0 Å². The van der Waals surface area contributed by atoms with Crippen molar-refractivity contribution in [3.05, 3.63) is 35.6 Å². The molecule has 0 atom stereocenters. The molecule has 1 rings (SSSR count). The van der Waals surface area contributed by atoms with Crippen LogP contribution in [-0.4, -0.2) is 39.3 Å². The second-order valence-corrected chi connectivity index (χ2v) is 5.63. The first-order chi connectivity index (χ1) is 10.6. The lowest BCUT2D eigenvalue weighted by molar-refractivity contribution is 0.108. The number of nitrogens with zero attached hydrogens (tertiary/aromatic N) is 1. The van der Waals surface area contributed by atoms with E-state index in [-0.39, 0.29) is 29.8 Å². The maximum absolute atomic E-state index is 13.1. The van der Waals surface area contributed by atoms with Crippen molar-refractivity contribution >= 4 is 29.9 Å². The number of guanidine groups is 1. The van der Waals surface area contributed by atoms with Gasteiger partial charge in [-0.3, -0.25) is 4.99 Å². The molecule has 0 radical (unpaired) electrons. The Hall–Kier alpha value is -0.890. The molecule has 0 aromatic heterocycles. The zero-order valence-corrected chi connectivity index (χ0v) is 16.6. The van der Waals surface area contributed by atoms with Gasteiger partial charge in [-0.25, -0.2) is 4.39 Å². The van der Waals surface area contributed by atoms with E-state index in [0.717, 1.165) is 44.1 Å². The number of halogens is 2. The highest BCUT2D eigenvalue weighted by molar-refractivity contribution is 14.0. The molecule has 0 saturated heterocycles. The zero-order chi connectivity index (χ0) is 16.2. The Balaban J connectivity index is 0.00000484. The third-order valence-electron chi connectivity index (χ3n) is 3.03. The van der Waals surface area contributed by atoms with Gasteiger partial charge in [0, 0.05) is 33.4 Å². The largest absolute Gasteiger partial charge is 0.381 e. The van der Waals surface area contributed by atoms with Gasteiger partial charge in [-0.1, -0.05) is 26.0 Å². The quantitative estimate of drug-likeness (QED) is 0.270. The highest BCUT2D eigenvalue weighted by Crippen LogP contribution is 2.03. The lowest BCUT2D eigenvalue weighted by Crippen LogP contribution is -2.39. The smallest absolute Gasteiger partial charge is 0.190 e. The molecule has 4 nitrogen and oxygen atoms in total. The second-order valence-electron chi connectivity index (χ2n) is 5.63. The van der Waals surface area contributed by atoms with Gasteiger partial charge in [0.25, 0.3) is 0 Å². The third-order valence-corrected chi connectivity index (χ3v) is 3.03. The summed E-state index contributed by atoms with van der Waals surface area (Å²) in [5.74, 6) is 1.15. The molecule has 0 aliphatic rings. The molecule has 0 aliphatic carbocycles. The monoisotopic (exact) mass is 437 g/mol. The molecule has 23 heavy (non-hydrogen) atoms. The van der Waals surface area contributed by atoms with Crippen LogP contribution < -0.4 is 10.6 Å². The summed E-state index contributed by atoms with van der Waals surface area (Å²) in [6.45, 7) is 7.38. The lowest BCUT2D eigenvalue weighted by Gasteiger charge is -2.12. The maximum Gasteiger partial charge on any atom is 0.190 e. The molecule has 2 N–H and O–H groups in total. The molecule has 1 aromatic rings. The van der Waals surface area contributed by atoms with Crippen LogP contribution >= 0.6 is 24.0 Å². The molecule has 0 amide bonds. The van der Waals surface area contributed by atoms with Gasteiger partial charge in [0.05, 0.1) is 0 Å². The number of ether oxygens (including phenoxy) is 1. The summed E-state index contributed by atoms with van der Waals surface area (Å²) in [7, 11) is 1.74. The molecule has 0 unspecified atom stereocenters. The van der Waals surface area contributed by atoms with Crippen molar-refractivity contribution in [1.29, 1.82) is 0 Å². The first-order valence-corrected chi connectivity index (χ1v) is 7.88. The summed E-state index contributed by atoms with van der Waals surface area (Å²) >= 11 is 0. The molecule has 0 fully saturated rings. The zero-order valence-electron chi connectivity index (χ0n) is 14.3. The van der Waals surface area contributed by atoms with Crippen molar-refractivity contribution in [3.8, 4) is 0 Å². The number of hydrogen-bond acceptors (Lipinski definition) is 2. The summed E-state index contributed by atoms with van der Waals surface area (Å²) in [4.78, 5) is 4.16. The fraction of sp³-hybridized carbons (Fsp3) is 0.588.